The average molecular weight is 333 g/mol. The fraction of sp³-hybridized carbons (Fsp3) is 0.632. The number of para-hydroxylation sites is 1. The lowest BCUT2D eigenvalue weighted by molar-refractivity contribution is -0.121. The number of amides is 1. The zero-order valence-corrected chi connectivity index (χ0v) is 15.4. The Balaban J connectivity index is 1.98. The van der Waals surface area contributed by atoms with Gasteiger partial charge >= 0.3 is 0 Å². The molecule has 0 saturated carbocycles. The van der Waals surface area contributed by atoms with Gasteiger partial charge in [0, 0.05) is 44.0 Å². The van der Waals surface area contributed by atoms with Gasteiger partial charge in [0.1, 0.15) is 0 Å². The van der Waals surface area contributed by atoms with E-state index in [1.807, 2.05) is 42.2 Å². The van der Waals surface area contributed by atoms with Crippen molar-refractivity contribution in [3.63, 3.8) is 0 Å². The highest BCUT2D eigenvalue weighted by atomic mass is 16.3. The van der Waals surface area contributed by atoms with E-state index in [0.717, 1.165) is 25.3 Å². The second kappa shape index (κ2) is 8.60. The minimum atomic E-state index is -0.306. The van der Waals surface area contributed by atoms with E-state index < -0.39 is 0 Å². The number of nitrogens with zero attached hydrogens (tertiary/aromatic N) is 3. The molecule has 2 rings (SSSR count). The monoisotopic (exact) mass is 333 g/mol. The Morgan fingerprint density at radius 1 is 1.25 bits per heavy atom. The normalized spacial score (nSPS) is 21.0. The first kappa shape index (κ1) is 18.9. The molecule has 0 spiro atoms. The van der Waals surface area contributed by atoms with E-state index in [2.05, 4.69) is 30.6 Å². The van der Waals surface area contributed by atoms with Gasteiger partial charge in [0.25, 0.3) is 0 Å². The third-order valence-electron chi connectivity index (χ3n) is 4.53. The number of rotatable bonds is 6. The molecular formula is C19H31N3O2. The first-order valence-electron chi connectivity index (χ1n) is 8.90. The maximum absolute atomic E-state index is 12.9. The van der Waals surface area contributed by atoms with E-state index in [-0.39, 0.29) is 18.1 Å². The molecule has 5 nitrogen and oxygen atoms in total. The molecule has 24 heavy (non-hydrogen) atoms. The van der Waals surface area contributed by atoms with Crippen molar-refractivity contribution in [3.8, 4) is 0 Å². The van der Waals surface area contributed by atoms with Crippen molar-refractivity contribution >= 4 is 11.6 Å². The maximum atomic E-state index is 12.9. The molecule has 1 N–H and O–H groups in total. The summed E-state index contributed by atoms with van der Waals surface area (Å²) < 4.78 is 0. The Labute approximate surface area is 145 Å². The molecule has 1 saturated heterocycles. The van der Waals surface area contributed by atoms with Crippen LogP contribution in [0.2, 0.25) is 0 Å². The van der Waals surface area contributed by atoms with Gasteiger partial charge in [0.15, 0.2) is 0 Å². The summed E-state index contributed by atoms with van der Waals surface area (Å²) in [6, 6.07) is 10.3. The average Bonchev–Trinajstić information content (AvgIpc) is 2.50. The Morgan fingerprint density at radius 3 is 2.46 bits per heavy atom. The van der Waals surface area contributed by atoms with Gasteiger partial charge < -0.3 is 10.0 Å². The lowest BCUT2D eigenvalue weighted by atomic mass is 10.1. The molecule has 2 atom stereocenters. The van der Waals surface area contributed by atoms with Gasteiger partial charge in [-0.05, 0) is 39.8 Å². The molecule has 0 bridgehead atoms. The molecule has 0 aliphatic carbocycles. The quantitative estimate of drug-likeness (QED) is 0.863. The molecule has 1 aromatic carbocycles. The smallest absolute Gasteiger partial charge is 0.241 e. The summed E-state index contributed by atoms with van der Waals surface area (Å²) in [7, 11) is 0. The van der Waals surface area contributed by atoms with Crippen LogP contribution < -0.4 is 4.90 Å². The maximum Gasteiger partial charge on any atom is 0.241 e. The summed E-state index contributed by atoms with van der Waals surface area (Å²) in [6.45, 7) is 11.9. The summed E-state index contributed by atoms with van der Waals surface area (Å²) >= 11 is 0. The Hall–Kier alpha value is -1.43. The molecule has 1 heterocycles. The summed E-state index contributed by atoms with van der Waals surface area (Å²) in [6.07, 6.45) is -0.306. The fourth-order valence-electron chi connectivity index (χ4n) is 3.41. The van der Waals surface area contributed by atoms with Crippen molar-refractivity contribution in [2.45, 2.75) is 45.9 Å². The van der Waals surface area contributed by atoms with Gasteiger partial charge in [-0.25, -0.2) is 0 Å². The van der Waals surface area contributed by atoms with E-state index >= 15 is 0 Å². The Morgan fingerprint density at radius 2 is 1.92 bits per heavy atom. The molecule has 1 aliphatic rings. The van der Waals surface area contributed by atoms with Crippen LogP contribution in [0, 0.1) is 0 Å². The Kier molecular flexibility index (Phi) is 6.78. The van der Waals surface area contributed by atoms with Crippen molar-refractivity contribution in [2.24, 2.45) is 0 Å². The van der Waals surface area contributed by atoms with Crippen LogP contribution in [0.4, 0.5) is 5.69 Å². The molecule has 0 unspecified atom stereocenters. The predicted molar refractivity (Wildman–Crippen MR) is 98.2 cm³/mol. The van der Waals surface area contributed by atoms with Crippen molar-refractivity contribution in [1.29, 1.82) is 0 Å². The lowest BCUT2D eigenvalue weighted by Gasteiger charge is -2.41. The van der Waals surface area contributed by atoms with Gasteiger partial charge in [-0.2, -0.15) is 0 Å². The van der Waals surface area contributed by atoms with Crippen LogP contribution in [0.15, 0.2) is 30.3 Å². The number of carbonyl (C=O) groups excluding carboxylic acids is 1. The van der Waals surface area contributed by atoms with Crippen LogP contribution in [0.1, 0.15) is 27.7 Å². The van der Waals surface area contributed by atoms with Crippen LogP contribution in [0.25, 0.3) is 0 Å². The largest absolute Gasteiger partial charge is 0.392 e. The number of hydrogen-bond donors (Lipinski definition) is 1. The van der Waals surface area contributed by atoms with E-state index in [9.17, 15) is 9.90 Å². The topological polar surface area (TPSA) is 47.0 Å². The van der Waals surface area contributed by atoms with E-state index in [0.29, 0.717) is 19.1 Å². The van der Waals surface area contributed by atoms with Gasteiger partial charge in [-0.15, -0.1) is 0 Å². The third kappa shape index (κ3) is 5.03. The molecule has 1 fully saturated rings. The Bertz CT molecular complexity index is 519. The summed E-state index contributed by atoms with van der Waals surface area (Å²) in [5.41, 5.74) is 0.956. The summed E-state index contributed by atoms with van der Waals surface area (Å²) in [5.74, 6) is 0.145. The van der Waals surface area contributed by atoms with Crippen LogP contribution in [0.5, 0.6) is 0 Å². The molecule has 1 aromatic rings. The molecule has 1 aliphatic heterocycles. The van der Waals surface area contributed by atoms with Crippen LogP contribution in [-0.2, 0) is 4.79 Å². The molecule has 5 heteroatoms. The number of anilines is 1. The number of β-amino-alcohol motifs (C(OH)–C–C–N with tert-alkyl or cyclic N) is 1. The second-order valence-corrected chi connectivity index (χ2v) is 7.12. The van der Waals surface area contributed by atoms with Gasteiger partial charge in [-0.3, -0.25) is 14.6 Å². The van der Waals surface area contributed by atoms with Gasteiger partial charge in [-0.1, -0.05) is 18.2 Å². The lowest BCUT2D eigenvalue weighted by Crippen LogP contribution is -2.56. The predicted octanol–water partition coefficient (Wildman–Crippen LogP) is 1.81. The first-order chi connectivity index (χ1) is 11.4. The minimum absolute atomic E-state index is 0.131. The minimum Gasteiger partial charge on any atom is -0.392 e. The standard InChI is InChI=1S/C19H31N3O2/c1-15(2)22(18-8-6-5-7-9-18)19(24)14-21-11-10-20(12-16(21)3)13-17(4)23/h5-9,15-17,23H,10-14H2,1-4H3/t16-,17-/m1/s1. The molecular weight excluding hydrogens is 302 g/mol. The SMILES string of the molecule is CC(C)N(C(=O)CN1CCN(C[C@@H](C)O)C[C@H]1C)c1ccccc1. The molecule has 0 radical (unpaired) electrons. The fourth-order valence-corrected chi connectivity index (χ4v) is 3.41. The number of carbonyl (C=O) groups is 1. The van der Waals surface area contributed by atoms with Crippen LogP contribution in [0.3, 0.4) is 0 Å². The van der Waals surface area contributed by atoms with Crippen molar-refractivity contribution < 1.29 is 9.90 Å². The van der Waals surface area contributed by atoms with Crippen LogP contribution >= 0.6 is 0 Å². The first-order valence-corrected chi connectivity index (χ1v) is 8.90. The van der Waals surface area contributed by atoms with Gasteiger partial charge in [0.2, 0.25) is 5.91 Å². The number of aliphatic hydroxyl groups excluding tert-OH is 1. The number of piperazine rings is 1. The zero-order valence-electron chi connectivity index (χ0n) is 15.4. The third-order valence-corrected chi connectivity index (χ3v) is 4.53. The second-order valence-electron chi connectivity index (χ2n) is 7.12. The number of benzene rings is 1. The van der Waals surface area contributed by atoms with Crippen LogP contribution in [-0.4, -0.2) is 71.7 Å². The molecule has 134 valence electrons. The van der Waals surface area contributed by atoms with Gasteiger partial charge in [0.05, 0.1) is 12.6 Å². The molecule has 1 amide bonds. The van der Waals surface area contributed by atoms with E-state index in [4.69, 9.17) is 0 Å². The van der Waals surface area contributed by atoms with Crippen molar-refractivity contribution in [1.82, 2.24) is 9.80 Å². The van der Waals surface area contributed by atoms with E-state index in [1.165, 1.54) is 0 Å². The summed E-state index contributed by atoms with van der Waals surface area (Å²) in [5, 5.41) is 9.55. The summed E-state index contributed by atoms with van der Waals surface area (Å²) in [4.78, 5) is 19.3. The zero-order chi connectivity index (χ0) is 17.7. The van der Waals surface area contributed by atoms with E-state index in [1.54, 1.807) is 0 Å². The highest BCUT2D eigenvalue weighted by molar-refractivity contribution is 5.95. The van der Waals surface area contributed by atoms with Crippen molar-refractivity contribution in [2.75, 3.05) is 37.6 Å². The molecule has 0 aromatic heterocycles. The highest BCUT2D eigenvalue weighted by Gasteiger charge is 2.28. The highest BCUT2D eigenvalue weighted by Crippen LogP contribution is 2.18. The van der Waals surface area contributed by atoms with Crippen molar-refractivity contribution in [3.05, 3.63) is 30.3 Å². The number of hydrogen-bond acceptors (Lipinski definition) is 4. The number of aliphatic hydroxyl groups is 1.